The number of anilines is 1. The van der Waals surface area contributed by atoms with Gasteiger partial charge >= 0.3 is 5.97 Å². The molecule has 0 fully saturated rings. The number of hydrogen-bond acceptors (Lipinski definition) is 4. The average molecular weight is 289 g/mol. The van der Waals surface area contributed by atoms with Crippen LogP contribution in [0.1, 0.15) is 24.8 Å². The lowest BCUT2D eigenvalue weighted by molar-refractivity contribution is -0.145. The molecule has 20 heavy (non-hydrogen) atoms. The third-order valence-corrected chi connectivity index (χ3v) is 4.84. The molecule has 0 spiro atoms. The number of rotatable bonds is 3. The van der Waals surface area contributed by atoms with E-state index in [1.807, 2.05) is 6.92 Å². The molecule has 3 nitrogen and oxygen atoms in total. The van der Waals surface area contributed by atoms with Crippen molar-refractivity contribution >= 4 is 23.4 Å². The van der Waals surface area contributed by atoms with E-state index in [9.17, 15) is 4.79 Å². The molecule has 1 aromatic carbocycles. The van der Waals surface area contributed by atoms with E-state index in [0.717, 1.165) is 12.1 Å². The quantitative estimate of drug-likeness (QED) is 0.525. The number of thioether (sulfide) groups is 1. The lowest BCUT2D eigenvalue weighted by Crippen LogP contribution is -2.42. The van der Waals surface area contributed by atoms with Crippen LogP contribution in [-0.4, -0.2) is 24.9 Å². The minimum Gasteiger partial charge on any atom is -0.464 e. The molecule has 1 aromatic rings. The summed E-state index contributed by atoms with van der Waals surface area (Å²) in [5, 5.41) is 3.38. The minimum atomic E-state index is -0.234. The zero-order valence-corrected chi connectivity index (χ0v) is 12.6. The molecule has 1 N–H and O–H groups in total. The van der Waals surface area contributed by atoms with Crippen LogP contribution in [0.3, 0.4) is 0 Å². The van der Waals surface area contributed by atoms with Gasteiger partial charge in [0.25, 0.3) is 0 Å². The Kier molecular flexibility index (Phi) is 3.74. The first-order valence-electron chi connectivity index (χ1n) is 7.02. The molecule has 0 aromatic heterocycles. The van der Waals surface area contributed by atoms with Crippen LogP contribution in [0.4, 0.5) is 5.69 Å². The fourth-order valence-corrected chi connectivity index (χ4v) is 3.61. The van der Waals surface area contributed by atoms with Gasteiger partial charge in [-0.1, -0.05) is 12.2 Å². The van der Waals surface area contributed by atoms with Crippen LogP contribution in [0.15, 0.2) is 35.2 Å². The molecule has 0 bridgehead atoms. The maximum Gasteiger partial charge on any atom is 0.328 e. The van der Waals surface area contributed by atoms with Gasteiger partial charge in [-0.25, -0.2) is 4.79 Å². The second-order valence-electron chi connectivity index (χ2n) is 5.18. The summed E-state index contributed by atoms with van der Waals surface area (Å²) in [4.78, 5) is 13.4. The third kappa shape index (κ3) is 2.22. The second-order valence-corrected chi connectivity index (χ2v) is 6.06. The highest BCUT2D eigenvalue weighted by Crippen LogP contribution is 2.45. The van der Waals surface area contributed by atoms with Gasteiger partial charge < -0.3 is 10.1 Å². The molecule has 2 aliphatic rings. The molecule has 3 rings (SSSR count). The summed E-state index contributed by atoms with van der Waals surface area (Å²) < 4.78 is 5.22. The number of ether oxygens (including phenoxy) is 1. The maximum absolute atomic E-state index is 12.2. The first-order chi connectivity index (χ1) is 9.74. The Hall–Kier alpha value is -1.42. The summed E-state index contributed by atoms with van der Waals surface area (Å²) in [6.07, 6.45) is 7.44. The number of fused-ring (bicyclic) bond motifs is 3. The van der Waals surface area contributed by atoms with Crippen LogP contribution in [0.2, 0.25) is 0 Å². The van der Waals surface area contributed by atoms with E-state index in [4.69, 9.17) is 4.74 Å². The van der Waals surface area contributed by atoms with Crippen molar-refractivity contribution < 1.29 is 9.53 Å². The number of nitrogens with one attached hydrogen (secondary N) is 1. The number of allylic oxidation sites excluding steroid dienone is 2. The van der Waals surface area contributed by atoms with Crippen molar-refractivity contribution in [3.63, 3.8) is 0 Å². The Morgan fingerprint density at radius 2 is 2.35 bits per heavy atom. The van der Waals surface area contributed by atoms with Gasteiger partial charge in [0, 0.05) is 22.4 Å². The third-order valence-electron chi connectivity index (χ3n) is 4.11. The van der Waals surface area contributed by atoms with Gasteiger partial charge in [-0.15, -0.1) is 11.8 Å². The summed E-state index contributed by atoms with van der Waals surface area (Å²) >= 11 is 1.75. The van der Waals surface area contributed by atoms with Crippen LogP contribution in [-0.2, 0) is 9.53 Å². The highest BCUT2D eigenvalue weighted by atomic mass is 32.2. The Morgan fingerprint density at radius 1 is 1.50 bits per heavy atom. The highest BCUT2D eigenvalue weighted by Gasteiger charge is 2.41. The molecular weight excluding hydrogens is 270 g/mol. The molecule has 0 saturated carbocycles. The SMILES string of the molecule is CCOC(=O)C1Nc2ccc(SC)cc2C2C=CCC12. The van der Waals surface area contributed by atoms with Crippen molar-refractivity contribution in [3.8, 4) is 0 Å². The Morgan fingerprint density at radius 3 is 3.10 bits per heavy atom. The number of hydrogen-bond donors (Lipinski definition) is 1. The van der Waals surface area contributed by atoms with Crippen LogP contribution in [0.5, 0.6) is 0 Å². The molecule has 0 saturated heterocycles. The van der Waals surface area contributed by atoms with Crippen LogP contribution in [0, 0.1) is 5.92 Å². The summed E-state index contributed by atoms with van der Waals surface area (Å²) in [7, 11) is 0. The molecule has 3 atom stereocenters. The lowest BCUT2D eigenvalue weighted by atomic mass is 9.79. The van der Waals surface area contributed by atoms with Gasteiger partial charge in [0.2, 0.25) is 0 Å². The fourth-order valence-electron chi connectivity index (χ4n) is 3.16. The Labute approximate surface area is 123 Å². The van der Waals surface area contributed by atoms with E-state index in [-0.39, 0.29) is 17.9 Å². The van der Waals surface area contributed by atoms with E-state index in [1.54, 1.807) is 11.8 Å². The molecule has 1 aliphatic heterocycles. The predicted molar refractivity (Wildman–Crippen MR) is 82.3 cm³/mol. The predicted octanol–water partition coefficient (Wildman–Crippen LogP) is 3.43. The number of carbonyl (C=O) groups excluding carboxylic acids is 1. The van der Waals surface area contributed by atoms with Gasteiger partial charge in [0.15, 0.2) is 0 Å². The second kappa shape index (κ2) is 5.52. The summed E-state index contributed by atoms with van der Waals surface area (Å²) in [6, 6.07) is 6.18. The lowest BCUT2D eigenvalue weighted by Gasteiger charge is -2.35. The van der Waals surface area contributed by atoms with E-state index < -0.39 is 0 Å². The number of benzene rings is 1. The summed E-state index contributed by atoms with van der Waals surface area (Å²) in [6.45, 7) is 2.28. The number of carbonyl (C=O) groups is 1. The highest BCUT2D eigenvalue weighted by molar-refractivity contribution is 7.98. The minimum absolute atomic E-state index is 0.134. The van der Waals surface area contributed by atoms with Crippen molar-refractivity contribution in [2.45, 2.75) is 30.2 Å². The van der Waals surface area contributed by atoms with Crippen LogP contribution in [0.25, 0.3) is 0 Å². The Bertz CT molecular complexity index is 555. The van der Waals surface area contributed by atoms with Gasteiger partial charge in [0.1, 0.15) is 6.04 Å². The van der Waals surface area contributed by atoms with Crippen molar-refractivity contribution in [2.24, 2.45) is 5.92 Å². The maximum atomic E-state index is 12.2. The van der Waals surface area contributed by atoms with Gasteiger partial charge in [-0.2, -0.15) is 0 Å². The Balaban J connectivity index is 1.96. The van der Waals surface area contributed by atoms with E-state index in [0.29, 0.717) is 12.5 Å². The van der Waals surface area contributed by atoms with Crippen LogP contribution < -0.4 is 5.32 Å². The van der Waals surface area contributed by atoms with Gasteiger partial charge in [0.05, 0.1) is 6.61 Å². The van der Waals surface area contributed by atoms with Gasteiger partial charge in [-0.05, 0) is 43.4 Å². The first kappa shape index (κ1) is 13.6. The largest absolute Gasteiger partial charge is 0.464 e. The molecule has 0 radical (unpaired) electrons. The molecule has 4 heteroatoms. The standard InChI is InChI=1S/C16H19NO2S/c1-3-19-16(18)15-12-6-4-5-11(12)13-9-10(20-2)7-8-14(13)17-15/h4-5,7-9,11-12,15,17H,3,6H2,1-2H3. The van der Waals surface area contributed by atoms with E-state index in [2.05, 4.69) is 41.9 Å². The average Bonchev–Trinajstić information content (AvgIpc) is 2.95. The van der Waals surface area contributed by atoms with E-state index in [1.165, 1.54) is 10.5 Å². The molecule has 106 valence electrons. The number of esters is 1. The van der Waals surface area contributed by atoms with Crippen molar-refractivity contribution in [1.82, 2.24) is 0 Å². The topological polar surface area (TPSA) is 38.3 Å². The van der Waals surface area contributed by atoms with E-state index >= 15 is 0 Å². The molecule has 1 heterocycles. The molecule has 3 unspecified atom stereocenters. The molecule has 1 aliphatic carbocycles. The fraction of sp³-hybridized carbons (Fsp3) is 0.438. The van der Waals surface area contributed by atoms with Crippen molar-refractivity contribution in [3.05, 3.63) is 35.9 Å². The first-order valence-corrected chi connectivity index (χ1v) is 8.25. The van der Waals surface area contributed by atoms with Crippen molar-refractivity contribution in [2.75, 3.05) is 18.2 Å². The zero-order chi connectivity index (χ0) is 14.1. The zero-order valence-electron chi connectivity index (χ0n) is 11.8. The van der Waals surface area contributed by atoms with Crippen molar-refractivity contribution in [1.29, 1.82) is 0 Å². The summed E-state index contributed by atoms with van der Waals surface area (Å²) in [5.74, 6) is 0.470. The monoisotopic (exact) mass is 289 g/mol. The normalized spacial score (nSPS) is 26.6. The smallest absolute Gasteiger partial charge is 0.328 e. The summed E-state index contributed by atoms with van der Waals surface area (Å²) in [5.41, 5.74) is 2.37. The van der Waals surface area contributed by atoms with Crippen LogP contribution >= 0.6 is 11.8 Å². The molecule has 0 amide bonds. The van der Waals surface area contributed by atoms with Gasteiger partial charge in [-0.3, -0.25) is 0 Å². The molecular formula is C16H19NO2S.